The van der Waals surface area contributed by atoms with Crippen molar-refractivity contribution in [3.05, 3.63) is 10.0 Å². The topological polar surface area (TPSA) is 47.0 Å². The van der Waals surface area contributed by atoms with Crippen LogP contribution in [0.25, 0.3) is 0 Å². The third-order valence-corrected chi connectivity index (χ3v) is 3.71. The van der Waals surface area contributed by atoms with Gasteiger partial charge in [0.2, 0.25) is 0 Å². The molecule has 0 amide bonds. The number of rotatable bonds is 9. The van der Waals surface area contributed by atoms with Gasteiger partial charge in [0.15, 0.2) is 0 Å². The van der Waals surface area contributed by atoms with Crippen molar-refractivity contribution in [3.8, 4) is 0 Å². The van der Waals surface area contributed by atoms with Crippen LogP contribution in [0.4, 0.5) is 0 Å². The molecule has 1 saturated carbocycles. The molecule has 0 unspecified atom stereocenters. The standard InChI is InChI=1S/C12H21N3OS/c1-2-8-16-9-6-12-15-14-11(17-12)5-7-13-10-3-4-10/h10,13H,2-9H2,1H3. The summed E-state index contributed by atoms with van der Waals surface area (Å²) in [7, 11) is 0. The molecule has 0 aromatic carbocycles. The van der Waals surface area contributed by atoms with Crippen molar-refractivity contribution in [2.24, 2.45) is 0 Å². The normalized spacial score (nSPS) is 15.4. The molecule has 2 rings (SSSR count). The summed E-state index contributed by atoms with van der Waals surface area (Å²) in [5, 5.41) is 14.1. The quantitative estimate of drug-likeness (QED) is 0.684. The summed E-state index contributed by atoms with van der Waals surface area (Å²) in [6, 6.07) is 0.782. The number of ether oxygens (including phenoxy) is 1. The minimum atomic E-state index is 0.767. The van der Waals surface area contributed by atoms with Crippen molar-refractivity contribution in [1.29, 1.82) is 0 Å². The number of hydrogen-bond donors (Lipinski definition) is 1. The van der Waals surface area contributed by atoms with Crippen LogP contribution < -0.4 is 5.32 Å². The maximum absolute atomic E-state index is 5.44. The molecule has 5 heteroatoms. The summed E-state index contributed by atoms with van der Waals surface area (Å²) in [6.45, 7) is 4.77. The summed E-state index contributed by atoms with van der Waals surface area (Å²) in [5.41, 5.74) is 0. The zero-order valence-electron chi connectivity index (χ0n) is 10.4. The van der Waals surface area contributed by atoms with Crippen LogP contribution in [0.15, 0.2) is 0 Å². The van der Waals surface area contributed by atoms with Crippen LogP contribution in [0.2, 0.25) is 0 Å². The Kier molecular flexibility index (Phi) is 5.35. The zero-order valence-corrected chi connectivity index (χ0v) is 11.3. The molecule has 1 aliphatic carbocycles. The predicted molar refractivity (Wildman–Crippen MR) is 69.5 cm³/mol. The van der Waals surface area contributed by atoms with Gasteiger partial charge in [-0.1, -0.05) is 6.92 Å². The molecule has 1 fully saturated rings. The van der Waals surface area contributed by atoms with E-state index < -0.39 is 0 Å². The van der Waals surface area contributed by atoms with E-state index in [1.807, 2.05) is 0 Å². The lowest BCUT2D eigenvalue weighted by atomic mass is 10.4. The molecule has 1 aliphatic rings. The highest BCUT2D eigenvalue weighted by Crippen LogP contribution is 2.18. The van der Waals surface area contributed by atoms with Crippen molar-refractivity contribution in [1.82, 2.24) is 15.5 Å². The molecule has 0 aliphatic heterocycles. The summed E-state index contributed by atoms with van der Waals surface area (Å²) in [6.07, 6.45) is 5.66. The Hall–Kier alpha value is -0.520. The van der Waals surface area contributed by atoms with E-state index in [0.29, 0.717) is 0 Å². The van der Waals surface area contributed by atoms with Gasteiger partial charge in [0.1, 0.15) is 10.0 Å². The predicted octanol–water partition coefficient (Wildman–Crippen LogP) is 1.80. The highest BCUT2D eigenvalue weighted by molar-refractivity contribution is 7.11. The van der Waals surface area contributed by atoms with Crippen LogP contribution in [0.1, 0.15) is 36.2 Å². The maximum Gasteiger partial charge on any atom is 0.119 e. The van der Waals surface area contributed by atoms with E-state index >= 15 is 0 Å². The van der Waals surface area contributed by atoms with E-state index in [-0.39, 0.29) is 0 Å². The fourth-order valence-electron chi connectivity index (χ4n) is 1.57. The van der Waals surface area contributed by atoms with Crippen LogP contribution in [0, 0.1) is 0 Å². The molecule has 1 N–H and O–H groups in total. The zero-order chi connectivity index (χ0) is 11.9. The molecule has 1 aromatic rings. The second kappa shape index (κ2) is 7.03. The van der Waals surface area contributed by atoms with E-state index in [0.717, 1.165) is 55.1 Å². The molecule has 1 aromatic heterocycles. The van der Waals surface area contributed by atoms with E-state index in [2.05, 4.69) is 22.4 Å². The fourth-order valence-corrected chi connectivity index (χ4v) is 2.39. The third-order valence-electron chi connectivity index (χ3n) is 2.67. The van der Waals surface area contributed by atoms with Gasteiger partial charge in [-0.15, -0.1) is 21.5 Å². The highest BCUT2D eigenvalue weighted by atomic mass is 32.1. The Morgan fingerprint density at radius 2 is 2.00 bits per heavy atom. The molecular formula is C12H21N3OS. The molecule has 1 heterocycles. The molecule has 0 saturated heterocycles. The van der Waals surface area contributed by atoms with Crippen LogP contribution >= 0.6 is 11.3 Å². The highest BCUT2D eigenvalue weighted by Gasteiger charge is 2.19. The lowest BCUT2D eigenvalue weighted by Gasteiger charge is -1.99. The van der Waals surface area contributed by atoms with E-state index in [9.17, 15) is 0 Å². The van der Waals surface area contributed by atoms with Crippen molar-refractivity contribution in [2.75, 3.05) is 19.8 Å². The van der Waals surface area contributed by atoms with Gasteiger partial charge in [-0.25, -0.2) is 0 Å². The van der Waals surface area contributed by atoms with Crippen LogP contribution in [-0.4, -0.2) is 36.0 Å². The summed E-state index contributed by atoms with van der Waals surface area (Å²) in [4.78, 5) is 0. The molecule has 0 radical (unpaired) electrons. The van der Waals surface area contributed by atoms with Gasteiger partial charge in [-0.2, -0.15) is 0 Å². The second-order valence-electron chi connectivity index (χ2n) is 4.43. The summed E-state index contributed by atoms with van der Waals surface area (Å²) < 4.78 is 5.44. The first-order valence-corrected chi connectivity index (χ1v) is 7.32. The average Bonchev–Trinajstić information content (AvgIpc) is 3.04. The van der Waals surface area contributed by atoms with Crippen LogP contribution in [0.3, 0.4) is 0 Å². The Labute approximate surface area is 107 Å². The Bertz CT molecular complexity index is 325. The largest absolute Gasteiger partial charge is 0.381 e. The number of nitrogens with one attached hydrogen (secondary N) is 1. The fraction of sp³-hybridized carbons (Fsp3) is 0.833. The molecule has 0 bridgehead atoms. The van der Waals surface area contributed by atoms with Gasteiger partial charge in [-0.05, 0) is 19.3 Å². The molecule has 4 nitrogen and oxygen atoms in total. The van der Waals surface area contributed by atoms with Crippen LogP contribution in [0.5, 0.6) is 0 Å². The van der Waals surface area contributed by atoms with Crippen molar-refractivity contribution >= 4 is 11.3 Å². The van der Waals surface area contributed by atoms with E-state index in [4.69, 9.17) is 4.74 Å². The first-order chi connectivity index (χ1) is 8.38. The van der Waals surface area contributed by atoms with Crippen molar-refractivity contribution < 1.29 is 4.74 Å². The molecule has 0 spiro atoms. The monoisotopic (exact) mass is 255 g/mol. The maximum atomic E-state index is 5.44. The minimum absolute atomic E-state index is 0.767. The van der Waals surface area contributed by atoms with Gasteiger partial charge >= 0.3 is 0 Å². The summed E-state index contributed by atoms with van der Waals surface area (Å²) >= 11 is 1.72. The van der Waals surface area contributed by atoms with Crippen molar-refractivity contribution in [2.45, 2.75) is 45.1 Å². The van der Waals surface area contributed by atoms with Gasteiger partial charge in [-0.3, -0.25) is 0 Å². The SMILES string of the molecule is CCCOCCc1nnc(CCNC2CC2)s1. The Morgan fingerprint density at radius 1 is 1.24 bits per heavy atom. The van der Waals surface area contributed by atoms with Crippen molar-refractivity contribution in [3.63, 3.8) is 0 Å². The third kappa shape index (κ3) is 5.10. The molecule has 96 valence electrons. The number of nitrogens with zero attached hydrogens (tertiary/aromatic N) is 2. The lowest BCUT2D eigenvalue weighted by molar-refractivity contribution is 0.138. The van der Waals surface area contributed by atoms with E-state index in [1.54, 1.807) is 11.3 Å². The number of aromatic nitrogens is 2. The summed E-state index contributed by atoms with van der Waals surface area (Å²) in [5.74, 6) is 0. The van der Waals surface area contributed by atoms with Gasteiger partial charge < -0.3 is 10.1 Å². The molecular weight excluding hydrogens is 234 g/mol. The van der Waals surface area contributed by atoms with Crippen LogP contribution in [-0.2, 0) is 17.6 Å². The minimum Gasteiger partial charge on any atom is -0.381 e. The Morgan fingerprint density at radius 3 is 2.71 bits per heavy atom. The average molecular weight is 255 g/mol. The molecule has 0 atom stereocenters. The van der Waals surface area contributed by atoms with E-state index in [1.165, 1.54) is 12.8 Å². The second-order valence-corrected chi connectivity index (χ2v) is 5.58. The molecule has 17 heavy (non-hydrogen) atoms. The van der Waals surface area contributed by atoms with Gasteiger partial charge in [0.05, 0.1) is 6.61 Å². The van der Waals surface area contributed by atoms with Gasteiger partial charge in [0, 0.05) is 32.0 Å². The first kappa shape index (κ1) is 12.9. The van der Waals surface area contributed by atoms with Gasteiger partial charge in [0.25, 0.3) is 0 Å². The first-order valence-electron chi connectivity index (χ1n) is 6.51. The lowest BCUT2D eigenvalue weighted by Crippen LogP contribution is -2.19. The Balaban J connectivity index is 1.60. The number of hydrogen-bond acceptors (Lipinski definition) is 5. The smallest absolute Gasteiger partial charge is 0.119 e.